The second-order valence-corrected chi connectivity index (χ2v) is 5.38. The van der Waals surface area contributed by atoms with E-state index < -0.39 is 0 Å². The summed E-state index contributed by atoms with van der Waals surface area (Å²) in [5.74, 6) is 0. The Bertz CT molecular complexity index is 187. The highest BCUT2D eigenvalue weighted by molar-refractivity contribution is 4.95. The van der Waals surface area contributed by atoms with Crippen LogP contribution in [0.25, 0.3) is 0 Å². The van der Waals surface area contributed by atoms with Gasteiger partial charge in [-0.15, -0.1) is 0 Å². The van der Waals surface area contributed by atoms with Crippen LogP contribution in [-0.4, -0.2) is 37.6 Å². The van der Waals surface area contributed by atoms with Gasteiger partial charge in [-0.05, 0) is 44.7 Å². The molecule has 2 fully saturated rings. The number of hydrogen-bond donors (Lipinski definition) is 1. The highest BCUT2D eigenvalue weighted by Gasteiger charge is 2.41. The smallest absolute Gasteiger partial charge is 0.0207 e. The zero-order valence-corrected chi connectivity index (χ0v) is 9.68. The summed E-state index contributed by atoms with van der Waals surface area (Å²) in [6.45, 7) is 6.11. The normalized spacial score (nSPS) is 30.9. The van der Waals surface area contributed by atoms with Gasteiger partial charge in [0.05, 0.1) is 0 Å². The maximum atomic E-state index is 3.76. The van der Waals surface area contributed by atoms with Crippen molar-refractivity contribution in [1.29, 1.82) is 0 Å². The van der Waals surface area contributed by atoms with Crippen LogP contribution in [0.3, 0.4) is 0 Å². The van der Waals surface area contributed by atoms with E-state index in [4.69, 9.17) is 0 Å². The number of likely N-dealkylation sites (N-methyl/N-ethyl adjacent to an activating group) is 1. The number of likely N-dealkylation sites (tertiary alicyclic amines) is 1. The number of nitrogens with zero attached hydrogens (tertiary/aromatic N) is 1. The molecule has 1 N–H and O–H groups in total. The van der Waals surface area contributed by atoms with E-state index in [-0.39, 0.29) is 0 Å². The van der Waals surface area contributed by atoms with Gasteiger partial charge in [-0.1, -0.05) is 13.3 Å². The van der Waals surface area contributed by atoms with Crippen LogP contribution in [0.1, 0.15) is 39.0 Å². The Hall–Kier alpha value is -0.0800. The van der Waals surface area contributed by atoms with Crippen molar-refractivity contribution in [1.82, 2.24) is 10.2 Å². The molecule has 0 spiro atoms. The molecular weight excluding hydrogens is 172 g/mol. The summed E-state index contributed by atoms with van der Waals surface area (Å²) in [5.41, 5.74) is 0.718. The lowest BCUT2D eigenvalue weighted by molar-refractivity contribution is 0.366. The fourth-order valence-corrected chi connectivity index (χ4v) is 2.68. The molecule has 2 rings (SSSR count). The number of nitrogens with one attached hydrogen (secondary N) is 1. The zero-order chi connectivity index (χ0) is 10.0. The summed E-state index contributed by atoms with van der Waals surface area (Å²) in [4.78, 5) is 2.43. The molecule has 0 aromatic rings. The summed E-state index contributed by atoms with van der Waals surface area (Å²) in [6, 6.07) is 0.773. The molecule has 0 aromatic heterocycles. The van der Waals surface area contributed by atoms with Crippen molar-refractivity contribution < 1.29 is 0 Å². The van der Waals surface area contributed by atoms with Crippen molar-refractivity contribution in [3.8, 4) is 0 Å². The molecule has 0 bridgehead atoms. The highest BCUT2D eigenvalue weighted by atomic mass is 15.2. The minimum absolute atomic E-state index is 0.718. The molecule has 2 nitrogen and oxygen atoms in total. The third-order valence-electron chi connectivity index (χ3n) is 3.89. The van der Waals surface area contributed by atoms with E-state index in [1.54, 1.807) is 0 Å². The van der Waals surface area contributed by atoms with E-state index >= 15 is 0 Å². The van der Waals surface area contributed by atoms with E-state index in [0.717, 1.165) is 11.5 Å². The summed E-state index contributed by atoms with van der Waals surface area (Å²) < 4.78 is 0. The molecule has 1 aliphatic carbocycles. The van der Waals surface area contributed by atoms with E-state index in [1.807, 2.05) is 0 Å². The lowest BCUT2D eigenvalue weighted by Crippen LogP contribution is -2.35. The lowest BCUT2D eigenvalue weighted by Gasteiger charge is -2.19. The van der Waals surface area contributed by atoms with Crippen LogP contribution in [0.2, 0.25) is 0 Å². The van der Waals surface area contributed by atoms with Gasteiger partial charge >= 0.3 is 0 Å². The fourth-order valence-electron chi connectivity index (χ4n) is 2.68. The molecule has 1 atom stereocenters. The summed E-state index contributed by atoms with van der Waals surface area (Å²) in [7, 11) is 2.22. The van der Waals surface area contributed by atoms with Gasteiger partial charge in [-0.2, -0.15) is 0 Å². The van der Waals surface area contributed by atoms with Gasteiger partial charge in [0, 0.05) is 19.1 Å². The molecule has 1 saturated carbocycles. The number of rotatable bonds is 5. The van der Waals surface area contributed by atoms with Crippen molar-refractivity contribution in [2.45, 2.75) is 45.1 Å². The molecule has 1 saturated heterocycles. The first-order valence-electron chi connectivity index (χ1n) is 6.16. The van der Waals surface area contributed by atoms with Gasteiger partial charge in [0.2, 0.25) is 0 Å². The molecule has 82 valence electrons. The lowest BCUT2D eigenvalue weighted by atomic mass is 10.0. The fraction of sp³-hybridized carbons (Fsp3) is 1.00. The zero-order valence-electron chi connectivity index (χ0n) is 9.68. The van der Waals surface area contributed by atoms with Crippen LogP contribution in [0, 0.1) is 5.41 Å². The Morgan fingerprint density at radius 2 is 2.21 bits per heavy atom. The molecule has 2 aliphatic rings. The van der Waals surface area contributed by atoms with E-state index in [0.29, 0.717) is 0 Å². The maximum absolute atomic E-state index is 3.76. The van der Waals surface area contributed by atoms with Crippen LogP contribution < -0.4 is 5.32 Å². The topological polar surface area (TPSA) is 15.3 Å². The van der Waals surface area contributed by atoms with Crippen molar-refractivity contribution in [3.63, 3.8) is 0 Å². The maximum Gasteiger partial charge on any atom is 0.0207 e. The quantitative estimate of drug-likeness (QED) is 0.722. The monoisotopic (exact) mass is 196 g/mol. The molecule has 2 heteroatoms. The molecule has 1 unspecified atom stereocenters. The standard InChI is InChI=1S/C12H24N2/c1-3-5-12(6-7-12)10-13-11-4-8-14(2)9-11/h11,13H,3-10H2,1-2H3. The minimum Gasteiger partial charge on any atom is -0.312 e. The first kappa shape index (κ1) is 10.4. The van der Waals surface area contributed by atoms with Crippen molar-refractivity contribution in [2.24, 2.45) is 5.41 Å². The Morgan fingerprint density at radius 1 is 1.43 bits per heavy atom. The molecule has 1 heterocycles. The van der Waals surface area contributed by atoms with Crippen molar-refractivity contribution >= 4 is 0 Å². The second-order valence-electron chi connectivity index (χ2n) is 5.38. The predicted molar refractivity (Wildman–Crippen MR) is 60.5 cm³/mol. The molecular formula is C12H24N2. The Labute approximate surface area is 88.1 Å². The van der Waals surface area contributed by atoms with Crippen LogP contribution in [0.5, 0.6) is 0 Å². The largest absolute Gasteiger partial charge is 0.312 e. The van der Waals surface area contributed by atoms with Gasteiger partial charge in [-0.25, -0.2) is 0 Å². The van der Waals surface area contributed by atoms with E-state index in [9.17, 15) is 0 Å². The Balaban J connectivity index is 1.67. The predicted octanol–water partition coefficient (Wildman–Crippen LogP) is 1.86. The Kier molecular flexibility index (Phi) is 3.13. The molecule has 14 heavy (non-hydrogen) atoms. The average Bonchev–Trinajstić information content (AvgIpc) is 2.80. The molecule has 0 radical (unpaired) electrons. The summed E-state index contributed by atoms with van der Waals surface area (Å²) in [6.07, 6.45) is 7.07. The summed E-state index contributed by atoms with van der Waals surface area (Å²) in [5, 5.41) is 3.76. The minimum atomic E-state index is 0.718. The molecule has 0 aromatic carbocycles. The van der Waals surface area contributed by atoms with Crippen LogP contribution >= 0.6 is 0 Å². The average molecular weight is 196 g/mol. The molecule has 1 aliphatic heterocycles. The van der Waals surface area contributed by atoms with Gasteiger partial charge in [0.1, 0.15) is 0 Å². The third-order valence-corrected chi connectivity index (χ3v) is 3.89. The first-order valence-corrected chi connectivity index (χ1v) is 6.16. The van der Waals surface area contributed by atoms with E-state index in [2.05, 4.69) is 24.2 Å². The number of hydrogen-bond acceptors (Lipinski definition) is 2. The van der Waals surface area contributed by atoms with Gasteiger partial charge in [0.15, 0.2) is 0 Å². The van der Waals surface area contributed by atoms with Gasteiger partial charge < -0.3 is 10.2 Å². The summed E-state index contributed by atoms with van der Waals surface area (Å²) >= 11 is 0. The second kappa shape index (κ2) is 4.19. The van der Waals surface area contributed by atoms with Gasteiger partial charge in [0.25, 0.3) is 0 Å². The van der Waals surface area contributed by atoms with Crippen LogP contribution in [-0.2, 0) is 0 Å². The van der Waals surface area contributed by atoms with Crippen molar-refractivity contribution in [3.05, 3.63) is 0 Å². The van der Waals surface area contributed by atoms with Crippen LogP contribution in [0.15, 0.2) is 0 Å². The third kappa shape index (κ3) is 2.48. The first-order chi connectivity index (χ1) is 6.74. The SMILES string of the molecule is CCCC1(CNC2CCN(C)C2)CC1. The highest BCUT2D eigenvalue weighted by Crippen LogP contribution is 2.49. The van der Waals surface area contributed by atoms with Crippen molar-refractivity contribution in [2.75, 3.05) is 26.7 Å². The Morgan fingerprint density at radius 3 is 2.71 bits per heavy atom. The van der Waals surface area contributed by atoms with E-state index in [1.165, 1.54) is 51.7 Å². The van der Waals surface area contributed by atoms with Crippen LogP contribution in [0.4, 0.5) is 0 Å². The molecule has 0 amide bonds. The van der Waals surface area contributed by atoms with Gasteiger partial charge in [-0.3, -0.25) is 0 Å².